The van der Waals surface area contributed by atoms with Crippen LogP contribution < -0.4 is 0 Å². The quantitative estimate of drug-likeness (QED) is 0.672. The number of nitrogens with one attached hydrogen (secondary N) is 1. The Labute approximate surface area is 120 Å². The Kier molecular flexibility index (Phi) is 4.49. The van der Waals surface area contributed by atoms with Crippen LogP contribution in [0, 0.1) is 11.8 Å². The SMILES string of the molecule is CC(=O)SCCC#Cc1c(C(=O)O)[nH]c2ccccc12. The van der Waals surface area contributed by atoms with Crippen LogP contribution in [0.2, 0.25) is 0 Å². The van der Waals surface area contributed by atoms with Gasteiger partial charge in [-0.3, -0.25) is 4.79 Å². The maximum absolute atomic E-state index is 11.2. The Bertz CT molecular complexity index is 722. The number of rotatable bonds is 3. The molecular formula is C15H13NO3S. The number of fused-ring (bicyclic) bond motifs is 1. The van der Waals surface area contributed by atoms with Gasteiger partial charge < -0.3 is 10.1 Å². The molecule has 0 unspecified atom stereocenters. The molecule has 2 N–H and O–H groups in total. The minimum Gasteiger partial charge on any atom is -0.477 e. The Morgan fingerprint density at radius 1 is 1.35 bits per heavy atom. The molecule has 2 rings (SSSR count). The van der Waals surface area contributed by atoms with E-state index in [4.69, 9.17) is 0 Å². The van der Waals surface area contributed by atoms with E-state index >= 15 is 0 Å². The van der Waals surface area contributed by atoms with Crippen molar-refractivity contribution in [2.45, 2.75) is 13.3 Å². The van der Waals surface area contributed by atoms with Gasteiger partial charge in [0.1, 0.15) is 5.69 Å². The van der Waals surface area contributed by atoms with Crippen molar-refractivity contribution in [3.8, 4) is 11.8 Å². The van der Waals surface area contributed by atoms with Gasteiger partial charge in [0, 0.05) is 30.0 Å². The van der Waals surface area contributed by atoms with Crippen molar-refractivity contribution >= 4 is 33.7 Å². The van der Waals surface area contributed by atoms with Crippen LogP contribution in [0.4, 0.5) is 0 Å². The number of thioether (sulfide) groups is 1. The molecule has 0 amide bonds. The molecular weight excluding hydrogens is 274 g/mol. The first-order valence-corrected chi connectivity index (χ1v) is 7.04. The maximum Gasteiger partial charge on any atom is 0.353 e. The number of aromatic carboxylic acids is 1. The third kappa shape index (κ3) is 3.22. The molecule has 0 fully saturated rings. The Hall–Kier alpha value is -2.19. The number of hydrogen-bond acceptors (Lipinski definition) is 3. The molecule has 20 heavy (non-hydrogen) atoms. The predicted octanol–water partition coefficient (Wildman–Crippen LogP) is 2.89. The van der Waals surface area contributed by atoms with E-state index in [1.165, 1.54) is 18.7 Å². The summed E-state index contributed by atoms with van der Waals surface area (Å²) in [7, 11) is 0. The molecule has 5 heteroatoms. The molecule has 0 spiro atoms. The number of carbonyl (C=O) groups excluding carboxylic acids is 1. The number of aromatic nitrogens is 1. The molecule has 1 aromatic carbocycles. The number of carboxylic acids is 1. The molecule has 0 saturated carbocycles. The van der Waals surface area contributed by atoms with Gasteiger partial charge in [-0.1, -0.05) is 41.8 Å². The highest BCUT2D eigenvalue weighted by Gasteiger charge is 2.14. The second-order valence-corrected chi connectivity index (χ2v) is 5.39. The van der Waals surface area contributed by atoms with Crippen LogP contribution in [-0.2, 0) is 4.79 Å². The van der Waals surface area contributed by atoms with Crippen molar-refractivity contribution in [3.63, 3.8) is 0 Å². The summed E-state index contributed by atoms with van der Waals surface area (Å²) in [4.78, 5) is 24.9. The van der Waals surface area contributed by atoms with Crippen LogP contribution in [0.25, 0.3) is 10.9 Å². The van der Waals surface area contributed by atoms with Crippen molar-refractivity contribution in [1.29, 1.82) is 0 Å². The minimum atomic E-state index is -1.02. The summed E-state index contributed by atoms with van der Waals surface area (Å²) in [6, 6.07) is 7.34. The lowest BCUT2D eigenvalue weighted by molar-refractivity contribution is -0.109. The standard InChI is InChI=1S/C15H13NO3S/c1-10(17)20-9-5-4-7-12-11-6-2-3-8-13(11)16-14(12)15(18)19/h2-3,6,8,16H,5,9H2,1H3,(H,18,19). The number of benzene rings is 1. The van der Waals surface area contributed by atoms with E-state index in [1.54, 1.807) is 0 Å². The minimum absolute atomic E-state index is 0.0603. The largest absolute Gasteiger partial charge is 0.477 e. The van der Waals surface area contributed by atoms with E-state index in [9.17, 15) is 14.7 Å². The van der Waals surface area contributed by atoms with Gasteiger partial charge in [-0.25, -0.2) is 4.79 Å². The molecule has 2 aromatic rings. The highest BCUT2D eigenvalue weighted by molar-refractivity contribution is 8.13. The summed E-state index contributed by atoms with van der Waals surface area (Å²) in [5.41, 5.74) is 1.37. The third-order valence-electron chi connectivity index (χ3n) is 2.67. The average molecular weight is 287 g/mol. The molecule has 0 bridgehead atoms. The molecule has 102 valence electrons. The summed E-state index contributed by atoms with van der Waals surface area (Å²) in [6.07, 6.45) is 0.544. The Balaban J connectivity index is 2.28. The van der Waals surface area contributed by atoms with Gasteiger partial charge in [-0.15, -0.1) is 0 Å². The molecule has 0 aliphatic heterocycles. The summed E-state index contributed by atoms with van der Waals surface area (Å²) in [5.74, 6) is 5.42. The number of para-hydroxylation sites is 1. The van der Waals surface area contributed by atoms with Gasteiger partial charge in [-0.05, 0) is 6.07 Å². The Morgan fingerprint density at radius 2 is 2.10 bits per heavy atom. The fourth-order valence-corrected chi connectivity index (χ4v) is 2.32. The molecule has 1 heterocycles. The second kappa shape index (κ2) is 6.31. The summed E-state index contributed by atoms with van der Waals surface area (Å²) in [5, 5.41) is 10.1. The summed E-state index contributed by atoms with van der Waals surface area (Å²) < 4.78 is 0. The molecule has 0 atom stereocenters. The lowest BCUT2D eigenvalue weighted by atomic mass is 10.1. The zero-order chi connectivity index (χ0) is 14.5. The van der Waals surface area contributed by atoms with Crippen LogP contribution >= 0.6 is 11.8 Å². The predicted molar refractivity (Wildman–Crippen MR) is 79.9 cm³/mol. The highest BCUT2D eigenvalue weighted by Crippen LogP contribution is 2.21. The average Bonchev–Trinajstić information content (AvgIpc) is 2.77. The smallest absolute Gasteiger partial charge is 0.353 e. The Morgan fingerprint density at radius 3 is 2.80 bits per heavy atom. The van der Waals surface area contributed by atoms with Crippen molar-refractivity contribution in [1.82, 2.24) is 4.98 Å². The lowest BCUT2D eigenvalue weighted by Crippen LogP contribution is -1.98. The third-order valence-corrected chi connectivity index (χ3v) is 3.48. The van der Waals surface area contributed by atoms with Gasteiger partial charge in [0.05, 0.1) is 5.56 Å². The zero-order valence-corrected chi connectivity index (χ0v) is 11.7. The number of carbonyl (C=O) groups is 2. The van der Waals surface area contributed by atoms with Crippen LogP contribution in [0.1, 0.15) is 29.4 Å². The number of hydrogen-bond donors (Lipinski definition) is 2. The number of H-pyrrole nitrogens is 1. The fraction of sp³-hybridized carbons (Fsp3) is 0.200. The fourth-order valence-electron chi connectivity index (χ4n) is 1.83. The first-order chi connectivity index (χ1) is 9.59. The van der Waals surface area contributed by atoms with Crippen molar-refractivity contribution < 1.29 is 14.7 Å². The molecule has 4 nitrogen and oxygen atoms in total. The van der Waals surface area contributed by atoms with E-state index in [-0.39, 0.29) is 10.8 Å². The van der Waals surface area contributed by atoms with Crippen LogP contribution in [0.5, 0.6) is 0 Å². The van der Waals surface area contributed by atoms with Crippen LogP contribution in [-0.4, -0.2) is 26.9 Å². The number of aromatic amines is 1. The molecule has 0 aliphatic rings. The first kappa shape index (κ1) is 14.2. The van der Waals surface area contributed by atoms with Gasteiger partial charge in [-0.2, -0.15) is 0 Å². The highest BCUT2D eigenvalue weighted by atomic mass is 32.2. The zero-order valence-electron chi connectivity index (χ0n) is 10.9. The van der Waals surface area contributed by atoms with Crippen molar-refractivity contribution in [3.05, 3.63) is 35.5 Å². The number of carboxylic acid groups (broad SMARTS) is 1. The van der Waals surface area contributed by atoms with Gasteiger partial charge in [0.2, 0.25) is 0 Å². The molecule has 0 aliphatic carbocycles. The van der Waals surface area contributed by atoms with Crippen molar-refractivity contribution in [2.24, 2.45) is 0 Å². The molecule has 0 radical (unpaired) electrons. The van der Waals surface area contributed by atoms with Gasteiger partial charge >= 0.3 is 5.97 Å². The summed E-state index contributed by atoms with van der Waals surface area (Å²) >= 11 is 1.22. The molecule has 1 aromatic heterocycles. The summed E-state index contributed by atoms with van der Waals surface area (Å²) in [6.45, 7) is 1.51. The second-order valence-electron chi connectivity index (χ2n) is 4.12. The van der Waals surface area contributed by atoms with Crippen molar-refractivity contribution in [2.75, 3.05) is 5.75 Å². The lowest BCUT2D eigenvalue weighted by Gasteiger charge is -1.92. The topological polar surface area (TPSA) is 70.2 Å². The van der Waals surface area contributed by atoms with Gasteiger partial charge in [0.25, 0.3) is 0 Å². The van der Waals surface area contributed by atoms with E-state index < -0.39 is 5.97 Å². The van der Waals surface area contributed by atoms with E-state index in [0.29, 0.717) is 17.7 Å². The van der Waals surface area contributed by atoms with Crippen LogP contribution in [0.3, 0.4) is 0 Å². The van der Waals surface area contributed by atoms with E-state index in [2.05, 4.69) is 16.8 Å². The maximum atomic E-state index is 11.2. The van der Waals surface area contributed by atoms with Crippen LogP contribution in [0.15, 0.2) is 24.3 Å². The molecule has 0 saturated heterocycles. The van der Waals surface area contributed by atoms with E-state index in [1.807, 2.05) is 24.3 Å². The van der Waals surface area contributed by atoms with Gasteiger partial charge in [0.15, 0.2) is 5.12 Å². The monoisotopic (exact) mass is 287 g/mol. The first-order valence-electron chi connectivity index (χ1n) is 6.06. The normalized spacial score (nSPS) is 10.1. The van der Waals surface area contributed by atoms with E-state index in [0.717, 1.165) is 10.9 Å².